The predicted octanol–water partition coefficient (Wildman–Crippen LogP) is 3.27. The van der Waals surface area contributed by atoms with Crippen LogP contribution in [0.1, 0.15) is 16.8 Å². The Hall–Kier alpha value is -3.45. The van der Waals surface area contributed by atoms with Crippen molar-refractivity contribution in [2.45, 2.75) is 6.54 Å². The molecule has 0 amide bonds. The van der Waals surface area contributed by atoms with Crippen LogP contribution in [0.4, 0.5) is 0 Å². The van der Waals surface area contributed by atoms with Crippen molar-refractivity contribution >= 4 is 11.2 Å². The summed E-state index contributed by atoms with van der Waals surface area (Å²) >= 11 is 0. The van der Waals surface area contributed by atoms with Gasteiger partial charge in [0, 0.05) is 12.1 Å². The average Bonchev–Trinajstić information content (AvgIpc) is 3.05. The molecule has 2 aromatic heterocycles. The largest absolute Gasteiger partial charge is 0.322 e. The second-order valence-electron chi connectivity index (χ2n) is 5.37. The van der Waals surface area contributed by atoms with E-state index in [1.165, 1.54) is 11.9 Å². The Balaban J connectivity index is 1.76. The monoisotopic (exact) mass is 310 g/mol. The van der Waals surface area contributed by atoms with E-state index < -0.39 is 0 Å². The molecule has 114 valence electrons. The van der Waals surface area contributed by atoms with Crippen molar-refractivity contribution in [3.63, 3.8) is 0 Å². The molecule has 2 heterocycles. The Morgan fingerprint density at radius 3 is 2.33 bits per heavy atom. The Morgan fingerprint density at radius 1 is 0.792 bits per heavy atom. The summed E-state index contributed by atoms with van der Waals surface area (Å²) in [6.07, 6.45) is 3.30. The second kappa shape index (κ2) is 6.35. The zero-order chi connectivity index (χ0) is 16.2. The highest BCUT2D eigenvalue weighted by Crippen LogP contribution is 2.15. The topological polar surface area (TPSA) is 43.6 Å². The minimum Gasteiger partial charge on any atom is -0.322 e. The van der Waals surface area contributed by atoms with Crippen LogP contribution in [0.15, 0.2) is 73.3 Å². The van der Waals surface area contributed by atoms with Crippen molar-refractivity contribution in [2.24, 2.45) is 0 Å². The summed E-state index contributed by atoms with van der Waals surface area (Å²) in [5.74, 6) is 6.31. The van der Waals surface area contributed by atoms with Gasteiger partial charge in [-0.25, -0.2) is 15.0 Å². The van der Waals surface area contributed by atoms with Gasteiger partial charge < -0.3 is 4.57 Å². The number of rotatable bonds is 2. The van der Waals surface area contributed by atoms with Crippen LogP contribution in [-0.4, -0.2) is 19.5 Å². The summed E-state index contributed by atoms with van der Waals surface area (Å²) in [6, 6.07) is 20.1. The van der Waals surface area contributed by atoms with Gasteiger partial charge in [-0.05, 0) is 23.6 Å². The quantitative estimate of drug-likeness (QED) is 0.534. The molecule has 4 heteroatoms. The van der Waals surface area contributed by atoms with Gasteiger partial charge in [0.2, 0.25) is 0 Å². The fraction of sp³-hybridized carbons (Fsp3) is 0.0500. The molecule has 2 aromatic carbocycles. The van der Waals surface area contributed by atoms with Crippen LogP contribution < -0.4 is 0 Å². The Labute approximate surface area is 139 Å². The van der Waals surface area contributed by atoms with Crippen molar-refractivity contribution in [1.82, 2.24) is 19.5 Å². The van der Waals surface area contributed by atoms with E-state index in [4.69, 9.17) is 0 Å². The lowest BCUT2D eigenvalue weighted by atomic mass is 10.2. The molecule has 24 heavy (non-hydrogen) atoms. The van der Waals surface area contributed by atoms with Crippen LogP contribution in [-0.2, 0) is 6.54 Å². The third-order valence-corrected chi connectivity index (χ3v) is 3.70. The number of imidazole rings is 1. The highest BCUT2D eigenvalue weighted by atomic mass is 15.1. The molecule has 0 saturated carbocycles. The van der Waals surface area contributed by atoms with Crippen LogP contribution in [0.25, 0.3) is 11.2 Å². The van der Waals surface area contributed by atoms with Gasteiger partial charge in [0.25, 0.3) is 0 Å². The van der Waals surface area contributed by atoms with E-state index in [-0.39, 0.29) is 0 Å². The molecule has 4 nitrogen and oxygen atoms in total. The number of hydrogen-bond donors (Lipinski definition) is 0. The van der Waals surface area contributed by atoms with E-state index in [9.17, 15) is 0 Å². The first-order chi connectivity index (χ1) is 11.9. The fourth-order valence-electron chi connectivity index (χ4n) is 2.55. The predicted molar refractivity (Wildman–Crippen MR) is 93.3 cm³/mol. The third-order valence-electron chi connectivity index (χ3n) is 3.70. The van der Waals surface area contributed by atoms with E-state index in [1.807, 2.05) is 53.1 Å². The SMILES string of the molecule is C(#Cc1ncnc2ncn(Cc3ccccc3)c12)c1ccccc1. The van der Waals surface area contributed by atoms with Gasteiger partial charge in [-0.3, -0.25) is 0 Å². The van der Waals surface area contributed by atoms with Crippen LogP contribution in [0.2, 0.25) is 0 Å². The van der Waals surface area contributed by atoms with E-state index in [0.717, 1.165) is 11.1 Å². The molecule has 0 aliphatic carbocycles. The summed E-state index contributed by atoms with van der Waals surface area (Å²) in [6.45, 7) is 0.713. The lowest BCUT2D eigenvalue weighted by Crippen LogP contribution is -2.00. The molecule has 0 bridgehead atoms. The van der Waals surface area contributed by atoms with Gasteiger partial charge in [-0.15, -0.1) is 0 Å². The van der Waals surface area contributed by atoms with Gasteiger partial charge in [0.1, 0.15) is 17.5 Å². The molecular formula is C20H14N4. The molecule has 0 spiro atoms. The maximum atomic E-state index is 4.37. The van der Waals surface area contributed by atoms with Gasteiger partial charge in [-0.2, -0.15) is 0 Å². The summed E-state index contributed by atoms with van der Waals surface area (Å²) in [4.78, 5) is 13.0. The summed E-state index contributed by atoms with van der Waals surface area (Å²) in [5, 5.41) is 0. The Bertz CT molecular complexity index is 1020. The third kappa shape index (κ3) is 2.88. The number of benzene rings is 2. The highest BCUT2D eigenvalue weighted by molar-refractivity contribution is 5.77. The highest BCUT2D eigenvalue weighted by Gasteiger charge is 2.09. The zero-order valence-corrected chi connectivity index (χ0v) is 12.9. The lowest BCUT2D eigenvalue weighted by molar-refractivity contribution is 0.821. The molecular weight excluding hydrogens is 296 g/mol. The normalized spacial score (nSPS) is 10.3. The van der Waals surface area contributed by atoms with Gasteiger partial charge in [0.05, 0.1) is 6.33 Å². The minimum absolute atomic E-state index is 0.665. The molecule has 0 aliphatic rings. The second-order valence-corrected chi connectivity index (χ2v) is 5.37. The van der Waals surface area contributed by atoms with Crippen LogP contribution in [0.3, 0.4) is 0 Å². The molecule has 0 N–H and O–H groups in total. The van der Waals surface area contributed by atoms with Crippen LogP contribution in [0.5, 0.6) is 0 Å². The summed E-state index contributed by atoms with van der Waals surface area (Å²) < 4.78 is 2.04. The molecule has 0 unspecified atom stereocenters. The first-order valence-electron chi connectivity index (χ1n) is 7.67. The fourth-order valence-corrected chi connectivity index (χ4v) is 2.55. The maximum Gasteiger partial charge on any atom is 0.182 e. The Kier molecular flexibility index (Phi) is 3.75. The standard InChI is InChI=1S/C20H14N4/c1-3-7-16(8-4-1)11-12-18-19-20(22-14-21-18)23-15-24(19)13-17-9-5-2-6-10-17/h1-10,14-15H,13H2. The summed E-state index contributed by atoms with van der Waals surface area (Å²) in [5.41, 5.74) is 4.38. The number of aromatic nitrogens is 4. The maximum absolute atomic E-state index is 4.37. The number of hydrogen-bond acceptors (Lipinski definition) is 3. The molecule has 0 saturated heterocycles. The molecule has 0 radical (unpaired) electrons. The van der Waals surface area contributed by atoms with Crippen molar-refractivity contribution in [2.75, 3.05) is 0 Å². The van der Waals surface area contributed by atoms with Crippen molar-refractivity contribution in [3.05, 3.63) is 90.1 Å². The van der Waals surface area contributed by atoms with Crippen LogP contribution in [0, 0.1) is 11.8 Å². The number of fused-ring (bicyclic) bond motifs is 1. The van der Waals surface area contributed by atoms with E-state index >= 15 is 0 Å². The first kappa shape index (κ1) is 14.2. The van der Waals surface area contributed by atoms with Crippen molar-refractivity contribution in [1.29, 1.82) is 0 Å². The molecule has 4 aromatic rings. The van der Waals surface area contributed by atoms with Gasteiger partial charge in [0.15, 0.2) is 5.65 Å². The van der Waals surface area contributed by atoms with Gasteiger partial charge >= 0.3 is 0 Å². The summed E-state index contributed by atoms with van der Waals surface area (Å²) in [7, 11) is 0. The minimum atomic E-state index is 0.665. The zero-order valence-electron chi connectivity index (χ0n) is 12.9. The smallest absolute Gasteiger partial charge is 0.182 e. The lowest BCUT2D eigenvalue weighted by Gasteiger charge is -2.05. The van der Waals surface area contributed by atoms with E-state index in [0.29, 0.717) is 17.9 Å². The van der Waals surface area contributed by atoms with Gasteiger partial charge in [-0.1, -0.05) is 54.5 Å². The molecule has 0 atom stereocenters. The first-order valence-corrected chi connectivity index (χ1v) is 7.67. The molecule has 4 rings (SSSR count). The average molecular weight is 310 g/mol. The van der Waals surface area contributed by atoms with Crippen molar-refractivity contribution in [3.8, 4) is 11.8 Å². The van der Waals surface area contributed by atoms with Crippen molar-refractivity contribution < 1.29 is 0 Å². The molecule has 0 aliphatic heterocycles. The number of nitrogens with zero attached hydrogens (tertiary/aromatic N) is 4. The van der Waals surface area contributed by atoms with E-state index in [2.05, 4.69) is 38.9 Å². The molecule has 0 fully saturated rings. The van der Waals surface area contributed by atoms with E-state index in [1.54, 1.807) is 6.33 Å². The Morgan fingerprint density at radius 2 is 1.54 bits per heavy atom. The van der Waals surface area contributed by atoms with Crippen LogP contribution >= 0.6 is 0 Å².